The Balaban J connectivity index is 1.73. The summed E-state index contributed by atoms with van der Waals surface area (Å²) in [5, 5.41) is 6.12. The van der Waals surface area contributed by atoms with E-state index in [4.69, 9.17) is 27.9 Å². The number of ether oxygens (including phenoxy) is 1. The minimum Gasteiger partial charge on any atom is -0.478 e. The molecule has 1 amide bonds. The Morgan fingerprint density at radius 1 is 1.12 bits per heavy atom. The molecule has 1 fully saturated rings. The van der Waals surface area contributed by atoms with Crippen molar-refractivity contribution in [3.8, 4) is 17.0 Å². The third-order valence-electron chi connectivity index (χ3n) is 7.09. The van der Waals surface area contributed by atoms with Gasteiger partial charge < -0.3 is 20.3 Å². The van der Waals surface area contributed by atoms with Gasteiger partial charge in [-0.3, -0.25) is 4.79 Å². The summed E-state index contributed by atoms with van der Waals surface area (Å²) in [6.07, 6.45) is 2.10. The zero-order chi connectivity index (χ0) is 30.4. The van der Waals surface area contributed by atoms with Crippen LogP contribution in [0.4, 0.5) is 10.1 Å². The molecule has 226 valence electrons. The van der Waals surface area contributed by atoms with Gasteiger partial charge in [0.15, 0.2) is 0 Å². The van der Waals surface area contributed by atoms with Crippen LogP contribution in [0.5, 0.6) is 5.88 Å². The fourth-order valence-corrected chi connectivity index (χ4v) is 7.22. The van der Waals surface area contributed by atoms with Crippen LogP contribution < -0.4 is 20.3 Å². The smallest absolute Gasteiger partial charge is 0.256 e. The number of anilines is 1. The average molecular weight is 639 g/mol. The normalized spacial score (nSPS) is 16.0. The van der Waals surface area contributed by atoms with Crippen LogP contribution in [0.2, 0.25) is 10.0 Å². The molecular formula is C29H34Cl2FN5O4S. The zero-order valence-corrected chi connectivity index (χ0v) is 26.0. The first-order valence-electron chi connectivity index (χ1n) is 13.7. The van der Waals surface area contributed by atoms with Crippen LogP contribution in [0, 0.1) is 5.82 Å². The molecule has 42 heavy (non-hydrogen) atoms. The highest BCUT2D eigenvalue weighted by molar-refractivity contribution is 7.89. The van der Waals surface area contributed by atoms with Crippen molar-refractivity contribution in [1.82, 2.24) is 19.9 Å². The van der Waals surface area contributed by atoms with Gasteiger partial charge in [0.1, 0.15) is 10.7 Å². The fraction of sp³-hybridized carbons (Fsp3) is 0.379. The Morgan fingerprint density at radius 2 is 1.90 bits per heavy atom. The lowest BCUT2D eigenvalue weighted by atomic mass is 9.98. The number of nitrogens with one attached hydrogen (secondary N) is 2. The molecule has 0 radical (unpaired) electrons. The maximum Gasteiger partial charge on any atom is 0.256 e. The molecule has 3 aromatic rings. The first-order chi connectivity index (χ1) is 20.1. The summed E-state index contributed by atoms with van der Waals surface area (Å²) in [6, 6.07) is 10.6. The number of sulfonamides is 1. The zero-order valence-electron chi connectivity index (χ0n) is 23.7. The molecule has 0 bridgehead atoms. The second-order valence-electron chi connectivity index (χ2n) is 9.66. The van der Waals surface area contributed by atoms with Crippen LogP contribution in [-0.4, -0.2) is 76.0 Å². The Kier molecular flexibility index (Phi) is 10.7. The number of hydrogen-bond donors (Lipinski definition) is 2. The van der Waals surface area contributed by atoms with Gasteiger partial charge in [-0.2, -0.15) is 4.31 Å². The predicted molar refractivity (Wildman–Crippen MR) is 164 cm³/mol. The standard InChI is InChI=1S/C29H34Cl2FN5O4S/c1-4-20-18-36(42(39,40)25-11-8-19(30)17-23(25)31)15-16-37(20)24-10-9-21(22-7-6-12-35-29(22)41-5-2)27(32)26(24)28(38)34-14-13-33-3/h6-12,17,20,33H,4-5,13-16,18H2,1-3H3,(H,34,38)/t20-/m1/s1. The van der Waals surface area contributed by atoms with Crippen LogP contribution in [-0.2, 0) is 10.0 Å². The van der Waals surface area contributed by atoms with Crippen molar-refractivity contribution < 1.29 is 22.3 Å². The molecule has 0 spiro atoms. The number of piperazine rings is 1. The minimum absolute atomic E-state index is 0.0292. The molecule has 1 aliphatic rings. The van der Waals surface area contributed by atoms with E-state index in [-0.39, 0.29) is 52.6 Å². The average Bonchev–Trinajstić information content (AvgIpc) is 2.97. The van der Waals surface area contributed by atoms with Gasteiger partial charge in [0, 0.05) is 61.1 Å². The van der Waals surface area contributed by atoms with Crippen molar-refractivity contribution in [3.05, 3.63) is 70.1 Å². The van der Waals surface area contributed by atoms with Gasteiger partial charge in [-0.1, -0.05) is 30.1 Å². The van der Waals surface area contributed by atoms with Crippen LogP contribution in [0.1, 0.15) is 30.6 Å². The summed E-state index contributed by atoms with van der Waals surface area (Å²) in [4.78, 5) is 19.6. The molecule has 2 aromatic carbocycles. The maximum absolute atomic E-state index is 16.4. The van der Waals surface area contributed by atoms with E-state index in [1.165, 1.54) is 22.5 Å². The number of pyridine rings is 1. The third kappa shape index (κ3) is 6.65. The summed E-state index contributed by atoms with van der Waals surface area (Å²) >= 11 is 12.2. The van der Waals surface area contributed by atoms with E-state index >= 15 is 4.39 Å². The number of rotatable bonds is 11. The molecule has 0 aliphatic carbocycles. The van der Waals surface area contributed by atoms with Crippen molar-refractivity contribution in [2.75, 3.05) is 51.3 Å². The molecule has 4 rings (SSSR count). The van der Waals surface area contributed by atoms with Crippen LogP contribution in [0.15, 0.2) is 53.6 Å². The Bertz CT molecular complexity index is 1540. The summed E-state index contributed by atoms with van der Waals surface area (Å²) in [5.41, 5.74) is 0.870. The summed E-state index contributed by atoms with van der Waals surface area (Å²) in [7, 11) is -2.17. The van der Waals surface area contributed by atoms with Crippen LogP contribution >= 0.6 is 23.2 Å². The first kappa shape index (κ1) is 32.0. The number of aromatic nitrogens is 1. The molecule has 1 aromatic heterocycles. The Labute approximate surface area is 256 Å². The van der Waals surface area contributed by atoms with E-state index in [0.29, 0.717) is 42.4 Å². The lowest BCUT2D eigenvalue weighted by Crippen LogP contribution is -2.55. The quantitative estimate of drug-likeness (QED) is 0.290. The highest BCUT2D eigenvalue weighted by atomic mass is 35.5. The summed E-state index contributed by atoms with van der Waals surface area (Å²) in [5.74, 6) is -1.01. The lowest BCUT2D eigenvalue weighted by Gasteiger charge is -2.42. The van der Waals surface area contributed by atoms with Gasteiger partial charge in [0.2, 0.25) is 15.9 Å². The number of nitrogens with zero attached hydrogens (tertiary/aromatic N) is 3. The molecular weight excluding hydrogens is 604 g/mol. The summed E-state index contributed by atoms with van der Waals surface area (Å²) in [6.45, 7) is 5.33. The van der Waals surface area contributed by atoms with E-state index in [0.717, 1.165) is 0 Å². The number of halogens is 3. The first-order valence-corrected chi connectivity index (χ1v) is 15.9. The number of amides is 1. The SMILES string of the molecule is CCOc1ncccc1-c1ccc(N2CCN(S(=O)(=O)c3ccc(Cl)cc3Cl)C[C@H]2CC)c(C(=O)NCCNC)c1F. The Morgan fingerprint density at radius 3 is 2.60 bits per heavy atom. The highest BCUT2D eigenvalue weighted by Gasteiger charge is 2.37. The highest BCUT2D eigenvalue weighted by Crippen LogP contribution is 2.37. The lowest BCUT2D eigenvalue weighted by molar-refractivity contribution is 0.0950. The number of benzene rings is 2. The van der Waals surface area contributed by atoms with Crippen molar-refractivity contribution in [2.24, 2.45) is 0 Å². The van der Waals surface area contributed by atoms with Gasteiger partial charge >= 0.3 is 0 Å². The largest absolute Gasteiger partial charge is 0.478 e. The molecule has 1 atom stereocenters. The molecule has 9 nitrogen and oxygen atoms in total. The van der Waals surface area contributed by atoms with Crippen molar-refractivity contribution >= 4 is 44.8 Å². The number of likely N-dealkylation sites (N-methyl/N-ethyl adjacent to an activating group) is 1. The molecule has 2 N–H and O–H groups in total. The Hall–Kier alpha value is -2.96. The second kappa shape index (κ2) is 14.0. The molecule has 2 heterocycles. The van der Waals surface area contributed by atoms with Crippen LogP contribution in [0.25, 0.3) is 11.1 Å². The van der Waals surface area contributed by atoms with Gasteiger partial charge in [-0.15, -0.1) is 0 Å². The monoisotopic (exact) mass is 637 g/mol. The van der Waals surface area contributed by atoms with E-state index in [1.54, 1.807) is 37.5 Å². The number of hydrogen-bond acceptors (Lipinski definition) is 7. The molecule has 1 saturated heterocycles. The van der Waals surface area contributed by atoms with Crippen molar-refractivity contribution in [2.45, 2.75) is 31.2 Å². The number of carbonyl (C=O) groups is 1. The van der Waals surface area contributed by atoms with E-state index in [9.17, 15) is 13.2 Å². The van der Waals surface area contributed by atoms with E-state index < -0.39 is 21.7 Å². The predicted octanol–water partition coefficient (Wildman–Crippen LogP) is 4.83. The van der Waals surface area contributed by atoms with Gasteiger partial charge in [0.25, 0.3) is 5.91 Å². The van der Waals surface area contributed by atoms with Gasteiger partial charge in [0.05, 0.1) is 22.9 Å². The molecule has 0 unspecified atom stereocenters. The van der Waals surface area contributed by atoms with Crippen molar-refractivity contribution in [3.63, 3.8) is 0 Å². The van der Waals surface area contributed by atoms with Crippen LogP contribution in [0.3, 0.4) is 0 Å². The van der Waals surface area contributed by atoms with Gasteiger partial charge in [-0.05, 0) is 62.9 Å². The van der Waals surface area contributed by atoms with Crippen molar-refractivity contribution in [1.29, 1.82) is 0 Å². The molecule has 1 aliphatic heterocycles. The third-order valence-corrected chi connectivity index (χ3v) is 9.67. The fourth-order valence-electron chi connectivity index (χ4n) is 5.00. The van der Waals surface area contributed by atoms with Gasteiger partial charge in [-0.25, -0.2) is 17.8 Å². The maximum atomic E-state index is 16.4. The number of carbonyl (C=O) groups excluding carboxylic acids is 1. The minimum atomic E-state index is -3.93. The van der Waals surface area contributed by atoms with E-state index in [2.05, 4.69) is 15.6 Å². The van der Waals surface area contributed by atoms with E-state index in [1.807, 2.05) is 18.7 Å². The summed E-state index contributed by atoms with van der Waals surface area (Å²) < 4.78 is 50.5. The second-order valence-corrected chi connectivity index (χ2v) is 12.4. The molecule has 13 heteroatoms. The molecule has 0 saturated carbocycles. The topological polar surface area (TPSA) is 104 Å².